The average molecular weight is 520 g/mol. The van der Waals surface area contributed by atoms with Crippen LogP contribution in [0.5, 0.6) is 17.2 Å². The molecule has 9 nitrogen and oxygen atoms in total. The molecular formula is C30H21N3O6. The molecular weight excluding hydrogens is 498 g/mol. The molecule has 0 amide bonds. The molecule has 0 aliphatic heterocycles. The molecule has 39 heavy (non-hydrogen) atoms. The van der Waals surface area contributed by atoms with Gasteiger partial charge in [-0.15, -0.1) is 0 Å². The van der Waals surface area contributed by atoms with Gasteiger partial charge in [0.1, 0.15) is 17.2 Å². The van der Waals surface area contributed by atoms with Gasteiger partial charge in [-0.1, -0.05) is 0 Å². The summed E-state index contributed by atoms with van der Waals surface area (Å²) in [6.07, 6.45) is 0. The molecule has 0 radical (unpaired) electrons. The van der Waals surface area contributed by atoms with E-state index >= 15 is 0 Å². The molecule has 0 spiro atoms. The lowest BCUT2D eigenvalue weighted by Crippen LogP contribution is -2.15. The van der Waals surface area contributed by atoms with E-state index in [4.69, 9.17) is 14.2 Å². The van der Waals surface area contributed by atoms with Gasteiger partial charge in [-0.3, -0.25) is 14.4 Å². The number of H-pyrrole nitrogens is 3. The van der Waals surface area contributed by atoms with Gasteiger partial charge >= 0.3 is 0 Å². The Morgan fingerprint density at radius 2 is 0.744 bits per heavy atom. The van der Waals surface area contributed by atoms with Crippen molar-refractivity contribution in [3.63, 3.8) is 0 Å². The van der Waals surface area contributed by atoms with Crippen LogP contribution in [0.3, 0.4) is 0 Å². The minimum absolute atomic E-state index is 0.209. The van der Waals surface area contributed by atoms with E-state index in [1.54, 1.807) is 54.6 Å². The first-order valence-corrected chi connectivity index (χ1v) is 12.2. The molecule has 9 heteroatoms. The van der Waals surface area contributed by atoms with E-state index in [1.165, 1.54) is 21.3 Å². The Bertz CT molecular complexity index is 2070. The van der Waals surface area contributed by atoms with E-state index in [9.17, 15) is 14.4 Å². The van der Waals surface area contributed by atoms with Gasteiger partial charge < -0.3 is 29.2 Å². The van der Waals surface area contributed by atoms with Gasteiger partial charge in [-0.25, -0.2) is 0 Å². The van der Waals surface area contributed by atoms with E-state index in [1.807, 2.05) is 0 Å². The van der Waals surface area contributed by atoms with Crippen LogP contribution in [0.25, 0.3) is 65.4 Å². The van der Waals surface area contributed by atoms with Gasteiger partial charge in [0.2, 0.25) is 0 Å². The van der Waals surface area contributed by atoms with Gasteiger partial charge in [-0.05, 0) is 54.6 Å². The van der Waals surface area contributed by atoms with Gasteiger partial charge in [0.15, 0.2) is 16.3 Å². The normalized spacial score (nSPS) is 11.8. The molecule has 7 aromatic rings. The first-order valence-electron chi connectivity index (χ1n) is 12.2. The second-order valence-corrected chi connectivity index (χ2v) is 9.35. The number of ether oxygens (including phenoxy) is 3. The van der Waals surface area contributed by atoms with Crippen LogP contribution in [0, 0.1) is 0 Å². The van der Waals surface area contributed by atoms with Crippen molar-refractivity contribution in [2.75, 3.05) is 21.3 Å². The number of methoxy groups -OCH3 is 3. The third kappa shape index (κ3) is 3.10. The first kappa shape index (κ1) is 22.9. The number of nitrogens with one attached hydrogen (secondary N) is 3. The summed E-state index contributed by atoms with van der Waals surface area (Å²) >= 11 is 0. The summed E-state index contributed by atoms with van der Waals surface area (Å²) < 4.78 is 16.0. The third-order valence-electron chi connectivity index (χ3n) is 7.37. The number of pyridine rings is 3. The molecule has 0 aliphatic carbocycles. The van der Waals surface area contributed by atoms with Crippen molar-refractivity contribution >= 4 is 65.4 Å². The highest BCUT2D eigenvalue weighted by atomic mass is 16.5. The number of hydrogen-bond acceptors (Lipinski definition) is 6. The molecule has 7 rings (SSSR count). The number of benzene rings is 4. The molecule has 0 saturated carbocycles. The van der Waals surface area contributed by atoms with E-state index in [2.05, 4.69) is 15.0 Å². The van der Waals surface area contributed by atoms with Gasteiger partial charge in [0.25, 0.3) is 0 Å². The van der Waals surface area contributed by atoms with Crippen molar-refractivity contribution in [1.82, 2.24) is 15.0 Å². The van der Waals surface area contributed by atoms with E-state index in [0.29, 0.717) is 66.5 Å². The van der Waals surface area contributed by atoms with Crippen molar-refractivity contribution in [2.24, 2.45) is 0 Å². The fraction of sp³-hybridized carbons (Fsp3) is 0.100. The highest BCUT2D eigenvalue weighted by Crippen LogP contribution is 2.33. The predicted octanol–water partition coefficient (Wildman–Crippen LogP) is 4.70. The van der Waals surface area contributed by atoms with E-state index < -0.39 is 0 Å². The summed E-state index contributed by atoms with van der Waals surface area (Å²) in [5.74, 6) is 1.54. The Morgan fingerprint density at radius 3 is 1.00 bits per heavy atom. The molecule has 0 aliphatic rings. The molecule has 0 fully saturated rings. The zero-order chi connectivity index (χ0) is 27.0. The van der Waals surface area contributed by atoms with Crippen molar-refractivity contribution in [2.45, 2.75) is 0 Å². The van der Waals surface area contributed by atoms with E-state index in [0.717, 1.165) is 0 Å². The maximum atomic E-state index is 14.1. The van der Waals surface area contributed by atoms with Crippen molar-refractivity contribution < 1.29 is 14.2 Å². The van der Waals surface area contributed by atoms with Crippen LogP contribution in [-0.2, 0) is 0 Å². The predicted molar refractivity (Wildman–Crippen MR) is 153 cm³/mol. The maximum Gasteiger partial charge on any atom is 0.199 e. The van der Waals surface area contributed by atoms with E-state index in [-0.39, 0.29) is 32.4 Å². The standard InChI is InChI=1S/C30H21N3O6/c1-37-13-4-7-19-16(10-13)28(34)22-25(31-19)23-27(33-21-9-6-15(39-3)12-18(21)29(23)35)24-26(22)32-20-8-5-14(38-2)11-17(20)30(24)36/h4-12H,1-3H3,(H,31,34)(H,32,36)(H,33,35). The topological polar surface area (TPSA) is 126 Å². The lowest BCUT2D eigenvalue weighted by Gasteiger charge is -2.14. The molecule has 3 aromatic heterocycles. The quantitative estimate of drug-likeness (QED) is 0.230. The minimum atomic E-state index is -0.335. The summed E-state index contributed by atoms with van der Waals surface area (Å²) in [7, 11) is 4.57. The highest BCUT2D eigenvalue weighted by Gasteiger charge is 2.22. The smallest absolute Gasteiger partial charge is 0.199 e. The molecule has 3 N–H and O–H groups in total. The van der Waals surface area contributed by atoms with Crippen LogP contribution in [0.4, 0.5) is 0 Å². The fourth-order valence-electron chi connectivity index (χ4n) is 5.46. The number of aromatic nitrogens is 3. The number of fused-ring (bicyclic) bond motifs is 9. The highest BCUT2D eigenvalue weighted by molar-refractivity contribution is 6.25. The van der Waals surface area contributed by atoms with Crippen molar-refractivity contribution in [3.8, 4) is 17.2 Å². The molecule has 0 atom stereocenters. The summed E-state index contributed by atoms with van der Waals surface area (Å²) in [5, 5.41) is 1.74. The van der Waals surface area contributed by atoms with Crippen LogP contribution in [-0.4, -0.2) is 36.3 Å². The van der Waals surface area contributed by atoms with Gasteiger partial charge in [0, 0.05) is 16.2 Å². The summed E-state index contributed by atoms with van der Waals surface area (Å²) in [6, 6.07) is 15.3. The van der Waals surface area contributed by atoms with Gasteiger partial charge in [-0.2, -0.15) is 0 Å². The van der Waals surface area contributed by atoms with Gasteiger partial charge in [0.05, 0.1) is 70.6 Å². The number of aromatic amines is 3. The Morgan fingerprint density at radius 1 is 0.462 bits per heavy atom. The fourth-order valence-corrected chi connectivity index (χ4v) is 5.46. The van der Waals surface area contributed by atoms with Crippen LogP contribution >= 0.6 is 0 Å². The molecule has 4 aromatic carbocycles. The van der Waals surface area contributed by atoms with Crippen LogP contribution < -0.4 is 30.5 Å². The third-order valence-corrected chi connectivity index (χ3v) is 7.37. The second-order valence-electron chi connectivity index (χ2n) is 9.35. The Hall–Kier alpha value is -5.31. The summed E-state index contributed by atoms with van der Waals surface area (Å²) in [5.41, 5.74) is 1.58. The van der Waals surface area contributed by atoms with Crippen LogP contribution in [0.2, 0.25) is 0 Å². The summed E-state index contributed by atoms with van der Waals surface area (Å²) in [4.78, 5) is 52.2. The van der Waals surface area contributed by atoms with Crippen LogP contribution in [0.1, 0.15) is 0 Å². The van der Waals surface area contributed by atoms with Crippen molar-refractivity contribution in [1.29, 1.82) is 0 Å². The Balaban J connectivity index is 1.84. The largest absolute Gasteiger partial charge is 0.497 e. The average Bonchev–Trinajstić information content (AvgIpc) is 2.96. The molecule has 0 unspecified atom stereocenters. The molecule has 3 heterocycles. The number of hydrogen-bond donors (Lipinski definition) is 3. The second kappa shape index (κ2) is 8.09. The summed E-state index contributed by atoms with van der Waals surface area (Å²) in [6.45, 7) is 0. The Kier molecular flexibility index (Phi) is 4.74. The molecule has 0 bridgehead atoms. The lowest BCUT2D eigenvalue weighted by molar-refractivity contribution is 0.415. The van der Waals surface area contributed by atoms with Crippen LogP contribution in [0.15, 0.2) is 69.0 Å². The zero-order valence-corrected chi connectivity index (χ0v) is 21.1. The minimum Gasteiger partial charge on any atom is -0.497 e. The SMILES string of the molecule is COc1ccc2[nH]c3c4c(=O)c5cc(OC)ccc5[nH]c4c4c(=O)c5cc(OC)ccc5[nH]c4c3c(=O)c2c1. The monoisotopic (exact) mass is 519 g/mol. The molecule has 192 valence electrons. The Labute approximate surface area is 218 Å². The number of rotatable bonds is 3. The maximum absolute atomic E-state index is 14.1. The zero-order valence-electron chi connectivity index (χ0n) is 21.1. The molecule has 0 saturated heterocycles. The lowest BCUT2D eigenvalue weighted by atomic mass is 9.98. The van der Waals surface area contributed by atoms with Crippen molar-refractivity contribution in [3.05, 3.63) is 85.3 Å². The first-order chi connectivity index (χ1) is 18.9.